The normalized spacial score (nSPS) is 25.0. The number of rotatable bonds is 6. The zero-order valence-electron chi connectivity index (χ0n) is 14.5. The van der Waals surface area contributed by atoms with Crippen LogP contribution >= 0.6 is 0 Å². The van der Waals surface area contributed by atoms with Gasteiger partial charge in [-0.2, -0.15) is 12.7 Å². The van der Waals surface area contributed by atoms with Crippen molar-refractivity contribution in [1.82, 2.24) is 9.03 Å². The monoisotopic (exact) mass is 382 g/mol. The number of carbonyl (C=O) groups is 2. The summed E-state index contributed by atoms with van der Waals surface area (Å²) >= 11 is 0. The highest BCUT2D eigenvalue weighted by Gasteiger charge is 2.55. The Labute approximate surface area is 152 Å². The van der Waals surface area contributed by atoms with Gasteiger partial charge >= 0.3 is 22.3 Å². The molecular formula is C17H22N2O6S. The molecule has 0 spiro atoms. The van der Waals surface area contributed by atoms with Crippen LogP contribution < -0.4 is 4.72 Å². The predicted octanol–water partition coefficient (Wildman–Crippen LogP) is 1.57. The summed E-state index contributed by atoms with van der Waals surface area (Å²) in [6.45, 7) is 1.80. The lowest BCUT2D eigenvalue weighted by atomic mass is 10.0. The Hall–Kier alpha value is -2.13. The van der Waals surface area contributed by atoms with Crippen molar-refractivity contribution in [3.63, 3.8) is 0 Å². The lowest BCUT2D eigenvalue weighted by Crippen LogP contribution is -2.54. The average Bonchev–Trinajstić information content (AvgIpc) is 3.22. The van der Waals surface area contributed by atoms with E-state index in [-0.39, 0.29) is 25.2 Å². The fourth-order valence-electron chi connectivity index (χ4n) is 3.72. The first kappa shape index (κ1) is 18.7. The van der Waals surface area contributed by atoms with E-state index in [9.17, 15) is 18.0 Å². The van der Waals surface area contributed by atoms with Gasteiger partial charge in [0.25, 0.3) is 0 Å². The van der Waals surface area contributed by atoms with Gasteiger partial charge in [0.05, 0.1) is 6.61 Å². The smallest absolute Gasteiger partial charge is 0.422 e. The maximum atomic E-state index is 12.7. The molecule has 3 rings (SSSR count). The fourth-order valence-corrected chi connectivity index (χ4v) is 5.24. The first-order valence-electron chi connectivity index (χ1n) is 8.61. The molecule has 1 aromatic carbocycles. The molecule has 142 valence electrons. The summed E-state index contributed by atoms with van der Waals surface area (Å²) in [6.07, 6.45) is 0.974. The number of fused-ring (bicyclic) bond motifs is 2. The van der Waals surface area contributed by atoms with Crippen LogP contribution in [0.25, 0.3) is 0 Å². The van der Waals surface area contributed by atoms with Crippen molar-refractivity contribution >= 4 is 22.3 Å². The highest BCUT2D eigenvalue weighted by atomic mass is 32.2. The van der Waals surface area contributed by atoms with Crippen molar-refractivity contribution in [2.24, 2.45) is 5.92 Å². The molecule has 3 unspecified atom stereocenters. The molecule has 8 nitrogen and oxygen atoms in total. The minimum atomic E-state index is -4.20. The summed E-state index contributed by atoms with van der Waals surface area (Å²) in [6, 6.07) is 7.75. The van der Waals surface area contributed by atoms with Gasteiger partial charge in [-0.3, -0.25) is 4.79 Å². The van der Waals surface area contributed by atoms with E-state index >= 15 is 0 Å². The molecular weight excluding hydrogens is 360 g/mol. The van der Waals surface area contributed by atoms with E-state index in [4.69, 9.17) is 9.47 Å². The molecule has 1 aromatic rings. The van der Waals surface area contributed by atoms with Gasteiger partial charge in [0.15, 0.2) is 0 Å². The lowest BCUT2D eigenvalue weighted by Gasteiger charge is -2.32. The van der Waals surface area contributed by atoms with E-state index in [2.05, 4.69) is 0 Å². The van der Waals surface area contributed by atoms with Gasteiger partial charge in [-0.15, -0.1) is 0 Å². The maximum Gasteiger partial charge on any atom is 0.422 e. The quantitative estimate of drug-likeness (QED) is 0.750. The molecule has 2 aliphatic rings. The first-order chi connectivity index (χ1) is 12.4. The number of esters is 1. The van der Waals surface area contributed by atoms with Gasteiger partial charge in [-0.25, -0.2) is 9.52 Å². The second-order valence-electron chi connectivity index (χ2n) is 6.42. The molecule has 1 aliphatic heterocycles. The first-order valence-corrected chi connectivity index (χ1v) is 10.0. The van der Waals surface area contributed by atoms with Crippen LogP contribution in [0.4, 0.5) is 4.79 Å². The van der Waals surface area contributed by atoms with E-state index in [1.54, 1.807) is 31.2 Å². The average molecular weight is 382 g/mol. The molecule has 1 aliphatic carbocycles. The number of piperidine rings is 1. The van der Waals surface area contributed by atoms with Gasteiger partial charge < -0.3 is 9.47 Å². The summed E-state index contributed by atoms with van der Waals surface area (Å²) in [5, 5.41) is 0. The molecule has 1 saturated carbocycles. The number of nitrogens with one attached hydrogen (secondary N) is 1. The Morgan fingerprint density at radius 3 is 2.62 bits per heavy atom. The molecule has 1 N–H and O–H groups in total. The van der Waals surface area contributed by atoms with E-state index < -0.39 is 28.3 Å². The number of hydrogen-bond acceptors (Lipinski definition) is 6. The van der Waals surface area contributed by atoms with Crippen LogP contribution in [0.3, 0.4) is 0 Å². The fraction of sp³-hybridized carbons (Fsp3) is 0.529. The molecule has 2 fully saturated rings. The van der Waals surface area contributed by atoms with Gasteiger partial charge in [-0.05, 0) is 37.7 Å². The third-order valence-corrected chi connectivity index (χ3v) is 6.26. The van der Waals surface area contributed by atoms with E-state index in [0.717, 1.165) is 16.3 Å². The van der Waals surface area contributed by atoms with Gasteiger partial charge in [0.1, 0.15) is 12.6 Å². The Kier molecular flexibility index (Phi) is 5.47. The van der Waals surface area contributed by atoms with Crippen molar-refractivity contribution in [3.05, 3.63) is 35.9 Å². The van der Waals surface area contributed by atoms with Gasteiger partial charge in [0, 0.05) is 6.04 Å². The maximum absolute atomic E-state index is 12.7. The molecule has 1 saturated heterocycles. The van der Waals surface area contributed by atoms with Crippen LogP contribution in [0.5, 0.6) is 0 Å². The molecule has 0 radical (unpaired) electrons. The Bertz CT molecular complexity index is 767. The van der Waals surface area contributed by atoms with Crippen LogP contribution in [-0.4, -0.2) is 43.5 Å². The number of amides is 1. The topological polar surface area (TPSA) is 102 Å². The Morgan fingerprint density at radius 2 is 1.92 bits per heavy atom. The van der Waals surface area contributed by atoms with Crippen LogP contribution in [0.2, 0.25) is 0 Å². The molecule has 26 heavy (non-hydrogen) atoms. The standard InChI is InChI=1S/C17H22N2O6S/c1-2-24-16(20)15-13-8-9-14(10-13)19(15)26(22,23)18-17(21)25-11-12-6-4-3-5-7-12/h3-7,13-15H,2,8-11H2,1H3,(H,18,21). The summed E-state index contributed by atoms with van der Waals surface area (Å²) in [7, 11) is -4.20. The van der Waals surface area contributed by atoms with Gasteiger partial charge in [-0.1, -0.05) is 30.3 Å². The lowest BCUT2D eigenvalue weighted by molar-refractivity contribution is -0.149. The van der Waals surface area contributed by atoms with Crippen molar-refractivity contribution in [1.29, 1.82) is 0 Å². The van der Waals surface area contributed by atoms with Crippen LogP contribution in [0, 0.1) is 5.92 Å². The molecule has 2 bridgehead atoms. The molecule has 0 aromatic heterocycles. The van der Waals surface area contributed by atoms with Crippen LogP contribution in [0.15, 0.2) is 30.3 Å². The second-order valence-corrected chi connectivity index (χ2v) is 8.00. The van der Waals surface area contributed by atoms with Crippen molar-refractivity contribution in [3.8, 4) is 0 Å². The van der Waals surface area contributed by atoms with E-state index in [0.29, 0.717) is 12.8 Å². The third-order valence-electron chi connectivity index (χ3n) is 4.76. The van der Waals surface area contributed by atoms with Crippen LogP contribution in [-0.2, 0) is 31.1 Å². The van der Waals surface area contributed by atoms with Crippen molar-refractivity contribution < 1.29 is 27.5 Å². The highest BCUT2D eigenvalue weighted by molar-refractivity contribution is 7.87. The van der Waals surface area contributed by atoms with E-state index in [1.807, 2.05) is 10.8 Å². The third kappa shape index (κ3) is 3.83. The summed E-state index contributed by atoms with van der Waals surface area (Å²) < 4.78 is 38.3. The zero-order chi connectivity index (χ0) is 18.7. The molecule has 9 heteroatoms. The van der Waals surface area contributed by atoms with Crippen molar-refractivity contribution in [2.75, 3.05) is 6.61 Å². The van der Waals surface area contributed by atoms with Gasteiger partial charge in [0.2, 0.25) is 0 Å². The summed E-state index contributed by atoms with van der Waals surface area (Å²) in [5.41, 5.74) is 0.740. The summed E-state index contributed by atoms with van der Waals surface area (Å²) in [4.78, 5) is 24.2. The predicted molar refractivity (Wildman–Crippen MR) is 92.1 cm³/mol. The SMILES string of the molecule is CCOC(=O)C1C2CCC(C2)N1S(=O)(=O)NC(=O)OCc1ccccc1. The number of ether oxygens (including phenoxy) is 2. The minimum absolute atomic E-state index is 0.0461. The second kappa shape index (κ2) is 7.63. The van der Waals surface area contributed by atoms with E-state index in [1.165, 1.54) is 0 Å². The number of benzene rings is 1. The molecule has 1 amide bonds. The number of hydrogen-bond donors (Lipinski definition) is 1. The highest BCUT2D eigenvalue weighted by Crippen LogP contribution is 2.44. The molecule has 3 atom stereocenters. The van der Waals surface area contributed by atoms with Crippen LogP contribution in [0.1, 0.15) is 31.7 Å². The number of carbonyl (C=O) groups excluding carboxylic acids is 2. The zero-order valence-corrected chi connectivity index (χ0v) is 15.3. The minimum Gasteiger partial charge on any atom is -0.465 e. The summed E-state index contributed by atoms with van der Waals surface area (Å²) in [5.74, 6) is -0.640. The Balaban J connectivity index is 1.66. The van der Waals surface area contributed by atoms with Crippen molar-refractivity contribution in [2.45, 2.75) is 44.9 Å². The Morgan fingerprint density at radius 1 is 1.19 bits per heavy atom. The largest absolute Gasteiger partial charge is 0.465 e. The number of nitrogens with zero attached hydrogens (tertiary/aromatic N) is 1. The molecule has 1 heterocycles.